The number of H-pyrrole nitrogens is 1. The number of hydrogen-bond acceptors (Lipinski definition) is 3. The molecule has 3 aromatic rings. The summed E-state index contributed by atoms with van der Waals surface area (Å²) in [5.41, 5.74) is 4.29. The van der Waals surface area contributed by atoms with E-state index < -0.39 is 0 Å². The quantitative estimate of drug-likeness (QED) is 0.782. The standard InChI is InChI=1S/C17H17N3O/c1-10(2)15-16(18-9-19-17(15)21)13-6-7-14-12(8-13)5-4-11(3)20-14/h4-10H,1-3H3,(H,18,19,21). The molecule has 21 heavy (non-hydrogen) atoms. The molecule has 0 aliphatic rings. The molecule has 0 unspecified atom stereocenters. The van der Waals surface area contributed by atoms with E-state index in [-0.39, 0.29) is 11.5 Å². The summed E-state index contributed by atoms with van der Waals surface area (Å²) in [4.78, 5) is 23.6. The van der Waals surface area contributed by atoms with Crippen molar-refractivity contribution in [1.29, 1.82) is 0 Å². The highest BCUT2D eigenvalue weighted by molar-refractivity contribution is 5.84. The van der Waals surface area contributed by atoms with Crippen molar-refractivity contribution in [3.05, 3.63) is 58.3 Å². The Hall–Kier alpha value is -2.49. The molecule has 0 aliphatic heterocycles. The second-order valence-corrected chi connectivity index (χ2v) is 5.51. The van der Waals surface area contributed by atoms with Gasteiger partial charge in [0.05, 0.1) is 17.5 Å². The molecule has 1 aromatic carbocycles. The minimum atomic E-state index is -0.0721. The van der Waals surface area contributed by atoms with Crippen LogP contribution >= 0.6 is 0 Å². The zero-order chi connectivity index (χ0) is 15.0. The zero-order valence-electron chi connectivity index (χ0n) is 12.3. The normalized spacial score (nSPS) is 11.2. The number of nitrogens with one attached hydrogen (secondary N) is 1. The van der Waals surface area contributed by atoms with Gasteiger partial charge in [0, 0.05) is 22.2 Å². The van der Waals surface area contributed by atoms with Crippen LogP contribution < -0.4 is 5.56 Å². The predicted molar refractivity (Wildman–Crippen MR) is 84.4 cm³/mol. The van der Waals surface area contributed by atoms with Crippen LogP contribution in [0.4, 0.5) is 0 Å². The highest BCUT2D eigenvalue weighted by atomic mass is 16.1. The summed E-state index contributed by atoms with van der Waals surface area (Å²) in [5, 5.41) is 1.05. The van der Waals surface area contributed by atoms with Crippen molar-refractivity contribution in [2.24, 2.45) is 0 Å². The molecule has 1 N–H and O–H groups in total. The van der Waals surface area contributed by atoms with Gasteiger partial charge in [-0.15, -0.1) is 0 Å². The van der Waals surface area contributed by atoms with Crippen LogP contribution in [0, 0.1) is 6.92 Å². The van der Waals surface area contributed by atoms with Gasteiger partial charge in [0.2, 0.25) is 0 Å². The lowest BCUT2D eigenvalue weighted by molar-refractivity contribution is 0.834. The van der Waals surface area contributed by atoms with Gasteiger partial charge in [-0.1, -0.05) is 26.0 Å². The minimum Gasteiger partial charge on any atom is -0.313 e. The SMILES string of the molecule is Cc1ccc2cc(-c3nc[nH]c(=O)c3C(C)C)ccc2n1. The lowest BCUT2D eigenvalue weighted by atomic mass is 9.97. The molecule has 2 aromatic heterocycles. The summed E-state index contributed by atoms with van der Waals surface area (Å²) < 4.78 is 0. The van der Waals surface area contributed by atoms with Gasteiger partial charge in [0.1, 0.15) is 0 Å². The predicted octanol–water partition coefficient (Wildman–Crippen LogP) is 3.42. The van der Waals surface area contributed by atoms with E-state index in [1.165, 1.54) is 6.33 Å². The Bertz CT molecular complexity index is 865. The van der Waals surface area contributed by atoms with Crippen LogP contribution in [0.15, 0.2) is 41.5 Å². The molecule has 0 radical (unpaired) electrons. The largest absolute Gasteiger partial charge is 0.313 e. The summed E-state index contributed by atoms with van der Waals surface area (Å²) in [5.74, 6) is 0.115. The summed E-state index contributed by atoms with van der Waals surface area (Å²) >= 11 is 0. The van der Waals surface area contributed by atoms with Crippen LogP contribution in [0.5, 0.6) is 0 Å². The lowest BCUT2D eigenvalue weighted by Crippen LogP contribution is -2.16. The summed E-state index contributed by atoms with van der Waals surface area (Å²) in [6, 6.07) is 10.0. The lowest BCUT2D eigenvalue weighted by Gasteiger charge is -2.11. The Morgan fingerprint density at radius 1 is 1.14 bits per heavy atom. The van der Waals surface area contributed by atoms with Crippen molar-refractivity contribution < 1.29 is 0 Å². The van der Waals surface area contributed by atoms with Gasteiger partial charge in [-0.05, 0) is 31.0 Å². The topological polar surface area (TPSA) is 58.6 Å². The average Bonchev–Trinajstić information content (AvgIpc) is 2.46. The molecular formula is C17H17N3O. The van der Waals surface area contributed by atoms with Crippen molar-refractivity contribution in [3.63, 3.8) is 0 Å². The van der Waals surface area contributed by atoms with Crippen molar-refractivity contribution in [1.82, 2.24) is 15.0 Å². The number of nitrogens with zero attached hydrogens (tertiary/aromatic N) is 2. The third-order valence-corrected chi connectivity index (χ3v) is 3.57. The van der Waals surface area contributed by atoms with Gasteiger partial charge in [-0.3, -0.25) is 9.78 Å². The Morgan fingerprint density at radius 3 is 2.71 bits per heavy atom. The zero-order valence-corrected chi connectivity index (χ0v) is 12.3. The summed E-state index contributed by atoms with van der Waals surface area (Å²) in [7, 11) is 0. The summed E-state index contributed by atoms with van der Waals surface area (Å²) in [6.07, 6.45) is 1.46. The van der Waals surface area contributed by atoms with Crippen molar-refractivity contribution in [2.75, 3.05) is 0 Å². The molecule has 4 nitrogen and oxygen atoms in total. The minimum absolute atomic E-state index is 0.0721. The average molecular weight is 279 g/mol. The molecule has 0 fully saturated rings. The number of aromatic nitrogens is 3. The number of fused-ring (bicyclic) bond motifs is 1. The third kappa shape index (κ3) is 2.44. The van der Waals surface area contributed by atoms with E-state index in [9.17, 15) is 4.79 Å². The molecule has 0 saturated carbocycles. The molecule has 0 aliphatic carbocycles. The van der Waals surface area contributed by atoms with E-state index in [0.717, 1.165) is 33.4 Å². The monoisotopic (exact) mass is 279 g/mol. The smallest absolute Gasteiger partial charge is 0.254 e. The fourth-order valence-corrected chi connectivity index (χ4v) is 2.55. The molecule has 0 amide bonds. The van der Waals surface area contributed by atoms with E-state index in [2.05, 4.69) is 15.0 Å². The summed E-state index contributed by atoms with van der Waals surface area (Å²) in [6.45, 7) is 5.98. The van der Waals surface area contributed by atoms with Crippen LogP contribution in [0.3, 0.4) is 0 Å². The third-order valence-electron chi connectivity index (χ3n) is 3.57. The van der Waals surface area contributed by atoms with E-state index in [0.29, 0.717) is 0 Å². The van der Waals surface area contributed by atoms with Crippen LogP contribution in [-0.2, 0) is 0 Å². The van der Waals surface area contributed by atoms with Crippen molar-refractivity contribution in [3.8, 4) is 11.3 Å². The second kappa shape index (κ2) is 5.13. The van der Waals surface area contributed by atoms with Crippen LogP contribution in [0.25, 0.3) is 22.2 Å². The second-order valence-electron chi connectivity index (χ2n) is 5.51. The molecule has 4 heteroatoms. The number of aromatic amines is 1. The van der Waals surface area contributed by atoms with E-state index in [4.69, 9.17) is 0 Å². The Morgan fingerprint density at radius 2 is 1.95 bits per heavy atom. The first kappa shape index (κ1) is 13.5. The highest BCUT2D eigenvalue weighted by Crippen LogP contribution is 2.26. The van der Waals surface area contributed by atoms with E-state index >= 15 is 0 Å². The van der Waals surface area contributed by atoms with Gasteiger partial charge < -0.3 is 4.98 Å². The van der Waals surface area contributed by atoms with E-state index in [1.807, 2.05) is 51.1 Å². The molecule has 0 saturated heterocycles. The van der Waals surface area contributed by atoms with Gasteiger partial charge in [-0.2, -0.15) is 0 Å². The Kier molecular flexibility index (Phi) is 3.29. The first-order chi connectivity index (χ1) is 10.1. The van der Waals surface area contributed by atoms with Gasteiger partial charge in [0.15, 0.2) is 0 Å². The number of benzene rings is 1. The van der Waals surface area contributed by atoms with Gasteiger partial charge in [0.25, 0.3) is 5.56 Å². The van der Waals surface area contributed by atoms with Crippen molar-refractivity contribution in [2.45, 2.75) is 26.7 Å². The number of rotatable bonds is 2. The maximum Gasteiger partial charge on any atom is 0.254 e. The first-order valence-electron chi connectivity index (χ1n) is 7.01. The van der Waals surface area contributed by atoms with Crippen LogP contribution in [0.1, 0.15) is 31.0 Å². The fraction of sp³-hybridized carbons (Fsp3) is 0.235. The first-order valence-corrected chi connectivity index (χ1v) is 7.01. The van der Waals surface area contributed by atoms with Crippen molar-refractivity contribution >= 4 is 10.9 Å². The molecule has 0 bridgehead atoms. The molecule has 106 valence electrons. The van der Waals surface area contributed by atoms with E-state index in [1.54, 1.807) is 0 Å². The van der Waals surface area contributed by atoms with Gasteiger partial charge >= 0.3 is 0 Å². The van der Waals surface area contributed by atoms with Crippen LogP contribution in [-0.4, -0.2) is 15.0 Å². The Balaban J connectivity index is 2.24. The fourth-order valence-electron chi connectivity index (χ4n) is 2.55. The number of hydrogen-bond donors (Lipinski definition) is 1. The number of pyridine rings is 1. The maximum absolute atomic E-state index is 12.1. The Labute approximate surface area is 122 Å². The molecular weight excluding hydrogens is 262 g/mol. The van der Waals surface area contributed by atoms with Gasteiger partial charge in [-0.25, -0.2) is 4.98 Å². The molecule has 0 atom stereocenters. The highest BCUT2D eigenvalue weighted by Gasteiger charge is 2.14. The van der Waals surface area contributed by atoms with Crippen LogP contribution in [0.2, 0.25) is 0 Å². The molecule has 2 heterocycles. The number of aryl methyl sites for hydroxylation is 1. The molecule has 3 rings (SSSR count). The maximum atomic E-state index is 12.1. The molecule has 0 spiro atoms.